The van der Waals surface area contributed by atoms with E-state index in [0.717, 1.165) is 35.9 Å². The second-order valence-electron chi connectivity index (χ2n) is 7.71. The Labute approximate surface area is 180 Å². The molecular weight excluding hydrogens is 400 g/mol. The topological polar surface area (TPSA) is 66.2 Å². The third-order valence-corrected chi connectivity index (χ3v) is 5.77. The van der Waals surface area contributed by atoms with E-state index < -0.39 is 11.6 Å². The maximum Gasteiger partial charge on any atom is 0.159 e. The van der Waals surface area contributed by atoms with Crippen LogP contribution in [0.15, 0.2) is 52.1 Å². The number of anilines is 1. The molecule has 0 aliphatic carbocycles. The predicted molar refractivity (Wildman–Crippen MR) is 119 cm³/mol. The molecule has 162 valence electrons. The molecule has 2 aliphatic rings. The molecule has 4 rings (SSSR count). The van der Waals surface area contributed by atoms with Crippen LogP contribution in [0.5, 0.6) is 5.75 Å². The highest BCUT2D eigenvalue weighted by atomic mass is 19.2. The third-order valence-electron chi connectivity index (χ3n) is 5.77. The molecule has 2 unspecified atom stereocenters. The normalized spacial score (nSPS) is 21.5. The summed E-state index contributed by atoms with van der Waals surface area (Å²) in [6.07, 6.45) is 5.59. The van der Waals surface area contributed by atoms with Gasteiger partial charge in [-0.15, -0.1) is 0 Å². The molecule has 2 N–H and O–H groups in total. The number of aliphatic hydroxyl groups is 1. The number of benzene rings is 2. The number of hydrogen-bond donors (Lipinski definition) is 2. The number of fused-ring (bicyclic) bond motifs is 1. The van der Waals surface area contributed by atoms with E-state index in [1.54, 1.807) is 7.11 Å². The van der Waals surface area contributed by atoms with Gasteiger partial charge in [-0.05, 0) is 53.8 Å². The molecule has 0 saturated carbocycles. The Hall–Kier alpha value is -3.06. The Kier molecular flexibility index (Phi) is 6.13. The number of methoxy groups -OCH3 is 1. The molecular formula is C24H25F2N3O2. The van der Waals surface area contributed by atoms with Crippen LogP contribution in [0.25, 0.3) is 11.1 Å². The van der Waals surface area contributed by atoms with E-state index in [0.29, 0.717) is 16.9 Å². The summed E-state index contributed by atoms with van der Waals surface area (Å²) in [5.74, 6) is -1.19. The molecule has 0 aromatic heterocycles. The molecule has 0 fully saturated rings. The average Bonchev–Trinajstić information content (AvgIpc) is 2.79. The van der Waals surface area contributed by atoms with Crippen LogP contribution in [0, 0.1) is 17.6 Å². The standard InChI is InChI=1S/C24H25F2N3O2/c1-14-22(16-4-3-7-27-13-16)29-24-18(23(14)28-8-9-30)10-17(12-21(24)31-2)15-5-6-19(25)20(26)11-15/h5-7,10-14,22,29-30H,3-4,8-9H2,1-2H3. The highest BCUT2D eigenvalue weighted by molar-refractivity contribution is 6.11. The second-order valence-corrected chi connectivity index (χ2v) is 7.71. The molecule has 2 atom stereocenters. The summed E-state index contributed by atoms with van der Waals surface area (Å²) in [6, 6.07) is 7.54. The molecule has 0 saturated heterocycles. The van der Waals surface area contributed by atoms with Crippen molar-refractivity contribution in [3.05, 3.63) is 59.3 Å². The van der Waals surface area contributed by atoms with Crippen molar-refractivity contribution in [1.29, 1.82) is 0 Å². The smallest absolute Gasteiger partial charge is 0.159 e. The van der Waals surface area contributed by atoms with E-state index >= 15 is 0 Å². The summed E-state index contributed by atoms with van der Waals surface area (Å²) in [5, 5.41) is 13.0. The molecule has 0 amide bonds. The van der Waals surface area contributed by atoms with Crippen LogP contribution in [0.4, 0.5) is 14.5 Å². The molecule has 2 heterocycles. The number of nitrogens with zero attached hydrogens (tertiary/aromatic N) is 2. The zero-order valence-electron chi connectivity index (χ0n) is 17.5. The Morgan fingerprint density at radius 3 is 2.71 bits per heavy atom. The van der Waals surface area contributed by atoms with Crippen LogP contribution in [-0.2, 0) is 0 Å². The SMILES string of the molecule is COc1cc(-c2ccc(F)c(F)c2)cc2c1NC(C1=CN=CCC1)C(C)C2=NCCO. The number of aliphatic imine (C=N–C) groups is 2. The van der Waals surface area contributed by atoms with Gasteiger partial charge >= 0.3 is 0 Å². The lowest BCUT2D eigenvalue weighted by atomic mass is 9.80. The zero-order chi connectivity index (χ0) is 22.0. The molecule has 0 radical (unpaired) electrons. The van der Waals surface area contributed by atoms with Gasteiger partial charge in [-0.3, -0.25) is 9.98 Å². The van der Waals surface area contributed by atoms with Crippen molar-refractivity contribution < 1.29 is 18.6 Å². The summed E-state index contributed by atoms with van der Waals surface area (Å²) in [6.45, 7) is 2.31. The quantitative estimate of drug-likeness (QED) is 0.736. The summed E-state index contributed by atoms with van der Waals surface area (Å²) in [4.78, 5) is 9.00. The first-order chi connectivity index (χ1) is 15.0. The van der Waals surface area contributed by atoms with E-state index in [4.69, 9.17) is 4.74 Å². The van der Waals surface area contributed by atoms with Crippen LogP contribution in [0.2, 0.25) is 0 Å². The van der Waals surface area contributed by atoms with E-state index in [1.807, 2.05) is 24.5 Å². The second kappa shape index (κ2) is 8.98. The molecule has 7 heteroatoms. The molecule has 2 aromatic carbocycles. The molecule has 31 heavy (non-hydrogen) atoms. The van der Waals surface area contributed by atoms with Crippen LogP contribution in [0.1, 0.15) is 25.3 Å². The lowest BCUT2D eigenvalue weighted by Gasteiger charge is -2.37. The maximum absolute atomic E-state index is 13.9. The first kappa shape index (κ1) is 21.2. The highest BCUT2D eigenvalue weighted by Crippen LogP contribution is 2.42. The van der Waals surface area contributed by atoms with Crippen molar-refractivity contribution in [2.45, 2.75) is 25.8 Å². The van der Waals surface area contributed by atoms with E-state index in [1.165, 1.54) is 17.7 Å². The van der Waals surface area contributed by atoms with Crippen LogP contribution in [0.3, 0.4) is 0 Å². The maximum atomic E-state index is 13.9. The van der Waals surface area contributed by atoms with E-state index in [-0.39, 0.29) is 25.1 Å². The first-order valence-corrected chi connectivity index (χ1v) is 10.3. The van der Waals surface area contributed by atoms with Gasteiger partial charge in [0, 0.05) is 29.6 Å². The predicted octanol–water partition coefficient (Wildman–Crippen LogP) is 4.60. The zero-order valence-corrected chi connectivity index (χ0v) is 17.5. The number of halogens is 2. The minimum atomic E-state index is -0.903. The van der Waals surface area contributed by atoms with Gasteiger partial charge in [0.25, 0.3) is 0 Å². The van der Waals surface area contributed by atoms with Crippen LogP contribution < -0.4 is 10.1 Å². The average molecular weight is 425 g/mol. The Bertz CT molecular complexity index is 1080. The monoisotopic (exact) mass is 425 g/mol. The lowest BCUT2D eigenvalue weighted by molar-refractivity contribution is 0.306. The first-order valence-electron chi connectivity index (χ1n) is 10.3. The summed E-state index contributed by atoms with van der Waals surface area (Å²) in [5.41, 5.74) is 4.89. The number of rotatable bonds is 5. The van der Waals surface area contributed by atoms with Gasteiger partial charge in [0.15, 0.2) is 11.6 Å². The fourth-order valence-electron chi connectivity index (χ4n) is 4.22. The number of hydrogen-bond acceptors (Lipinski definition) is 5. The fourth-order valence-corrected chi connectivity index (χ4v) is 4.22. The van der Waals surface area contributed by atoms with Gasteiger partial charge in [0.2, 0.25) is 0 Å². The largest absolute Gasteiger partial charge is 0.495 e. The molecule has 0 spiro atoms. The van der Waals surface area contributed by atoms with Gasteiger partial charge < -0.3 is 15.2 Å². The minimum absolute atomic E-state index is 0.00888. The van der Waals surface area contributed by atoms with E-state index in [9.17, 15) is 13.9 Å². The van der Waals surface area contributed by atoms with Crippen molar-refractivity contribution in [3.8, 4) is 16.9 Å². The van der Waals surface area contributed by atoms with Crippen molar-refractivity contribution >= 4 is 17.6 Å². The summed E-state index contributed by atoms with van der Waals surface area (Å²) >= 11 is 0. The lowest BCUT2D eigenvalue weighted by Crippen LogP contribution is -2.40. The van der Waals surface area contributed by atoms with Gasteiger partial charge in [-0.1, -0.05) is 13.0 Å². The molecule has 5 nitrogen and oxygen atoms in total. The molecule has 2 aliphatic heterocycles. The van der Waals surface area contributed by atoms with Crippen LogP contribution >= 0.6 is 0 Å². The van der Waals surface area contributed by atoms with Gasteiger partial charge in [-0.25, -0.2) is 8.78 Å². The van der Waals surface area contributed by atoms with Crippen molar-refractivity contribution in [2.75, 3.05) is 25.6 Å². The van der Waals surface area contributed by atoms with Crippen LogP contribution in [-0.4, -0.2) is 43.3 Å². The van der Waals surface area contributed by atoms with Crippen molar-refractivity contribution in [1.82, 2.24) is 0 Å². The molecule has 2 aromatic rings. The minimum Gasteiger partial charge on any atom is -0.495 e. The fraction of sp³-hybridized carbons (Fsp3) is 0.333. The summed E-state index contributed by atoms with van der Waals surface area (Å²) in [7, 11) is 1.58. The Morgan fingerprint density at radius 1 is 1.19 bits per heavy atom. The van der Waals surface area contributed by atoms with Crippen molar-refractivity contribution in [2.24, 2.45) is 15.9 Å². The Balaban J connectivity index is 1.86. The van der Waals surface area contributed by atoms with Gasteiger partial charge in [-0.2, -0.15) is 0 Å². The Morgan fingerprint density at radius 2 is 2.03 bits per heavy atom. The third kappa shape index (κ3) is 4.10. The number of aliphatic hydroxyl groups excluding tert-OH is 1. The number of ether oxygens (including phenoxy) is 1. The van der Waals surface area contributed by atoms with Gasteiger partial charge in [0.05, 0.1) is 32.0 Å². The number of nitrogens with one attached hydrogen (secondary N) is 1. The van der Waals surface area contributed by atoms with Gasteiger partial charge in [0.1, 0.15) is 5.75 Å². The summed E-state index contributed by atoms with van der Waals surface area (Å²) < 4.78 is 33.0. The van der Waals surface area contributed by atoms with E-state index in [2.05, 4.69) is 22.2 Å². The van der Waals surface area contributed by atoms with Crippen molar-refractivity contribution in [3.63, 3.8) is 0 Å². The molecule has 0 bridgehead atoms. The highest BCUT2D eigenvalue weighted by Gasteiger charge is 2.35.